The molecule has 0 atom stereocenters. The van der Waals surface area contributed by atoms with E-state index in [1.165, 1.54) is 6.20 Å². The summed E-state index contributed by atoms with van der Waals surface area (Å²) in [7, 11) is 0. The van der Waals surface area contributed by atoms with Gasteiger partial charge in [0.05, 0.1) is 25.5 Å². The number of hydrogen-bond acceptors (Lipinski definition) is 4. The zero-order chi connectivity index (χ0) is 8.39. The Kier molecular flexibility index (Phi) is 1.75. The van der Waals surface area contributed by atoms with E-state index in [0.29, 0.717) is 18.9 Å². The zero-order valence-electron chi connectivity index (χ0n) is 6.28. The molecule has 1 aliphatic heterocycles. The van der Waals surface area contributed by atoms with Crippen molar-refractivity contribution in [3.05, 3.63) is 11.9 Å². The molecule has 1 aromatic rings. The topological polar surface area (TPSA) is 79.9 Å². The summed E-state index contributed by atoms with van der Waals surface area (Å²) in [5.74, 6) is -0.211. The Morgan fingerprint density at radius 2 is 2.58 bits per heavy atom. The Labute approximate surface area is 68.3 Å². The average Bonchev–Trinajstić information content (AvgIpc) is 2.47. The van der Waals surface area contributed by atoms with Gasteiger partial charge in [0.25, 0.3) is 5.91 Å². The molecule has 0 bridgehead atoms. The van der Waals surface area contributed by atoms with E-state index in [1.54, 1.807) is 0 Å². The number of ether oxygens (including phenoxy) is 1. The van der Waals surface area contributed by atoms with Crippen LogP contribution in [0.4, 0.5) is 0 Å². The van der Waals surface area contributed by atoms with Crippen molar-refractivity contribution in [1.29, 1.82) is 0 Å². The predicted octanol–water partition coefficient (Wildman–Crippen LogP) is -1.07. The van der Waals surface area contributed by atoms with Gasteiger partial charge in [0, 0.05) is 0 Å². The number of carbonyl (C=O) groups excluding carboxylic acids is 1. The lowest BCUT2D eigenvalue weighted by atomic mass is 10.2. The maximum Gasteiger partial charge on any atom is 0.273 e. The van der Waals surface area contributed by atoms with Gasteiger partial charge >= 0.3 is 0 Å². The Morgan fingerprint density at radius 3 is 3.08 bits per heavy atom. The molecule has 0 unspecified atom stereocenters. The first-order chi connectivity index (χ1) is 5.86. The number of amides is 1. The standard InChI is InChI=1S/C6H8N4O2/c11-6(5-1-7-10-9-5)8-4-2-12-3-4/h1,4H,2-3H2,(H,8,11)(H,7,9,10). The van der Waals surface area contributed by atoms with Crippen molar-refractivity contribution in [3.63, 3.8) is 0 Å². The molecule has 0 saturated carbocycles. The van der Waals surface area contributed by atoms with Crippen molar-refractivity contribution < 1.29 is 9.53 Å². The summed E-state index contributed by atoms with van der Waals surface area (Å²) in [6.07, 6.45) is 1.38. The van der Waals surface area contributed by atoms with Crippen LogP contribution >= 0.6 is 0 Å². The van der Waals surface area contributed by atoms with Crippen molar-refractivity contribution in [2.24, 2.45) is 0 Å². The number of nitrogens with zero attached hydrogens (tertiary/aromatic N) is 2. The fourth-order valence-corrected chi connectivity index (χ4v) is 0.889. The van der Waals surface area contributed by atoms with E-state index in [0.717, 1.165) is 0 Å². The maximum absolute atomic E-state index is 11.2. The van der Waals surface area contributed by atoms with E-state index >= 15 is 0 Å². The molecular formula is C6H8N4O2. The molecule has 2 N–H and O–H groups in total. The van der Waals surface area contributed by atoms with Crippen LogP contribution in [-0.4, -0.2) is 40.6 Å². The molecule has 1 aromatic heterocycles. The third-order valence-electron chi connectivity index (χ3n) is 1.62. The highest BCUT2D eigenvalue weighted by molar-refractivity contribution is 5.92. The van der Waals surface area contributed by atoms with Gasteiger partial charge in [-0.15, -0.1) is 0 Å². The minimum Gasteiger partial charge on any atom is -0.377 e. The lowest BCUT2D eigenvalue weighted by Gasteiger charge is -2.26. The van der Waals surface area contributed by atoms with Gasteiger partial charge in [0.15, 0.2) is 5.69 Å². The summed E-state index contributed by atoms with van der Waals surface area (Å²) in [6, 6.07) is 0.134. The first-order valence-electron chi connectivity index (χ1n) is 3.60. The van der Waals surface area contributed by atoms with Gasteiger partial charge in [0.1, 0.15) is 0 Å². The Balaban J connectivity index is 1.92. The molecule has 1 saturated heterocycles. The van der Waals surface area contributed by atoms with Gasteiger partial charge in [-0.1, -0.05) is 0 Å². The number of nitrogens with one attached hydrogen (secondary N) is 2. The van der Waals surface area contributed by atoms with Gasteiger partial charge in [-0.05, 0) is 0 Å². The van der Waals surface area contributed by atoms with Crippen LogP contribution in [0.25, 0.3) is 0 Å². The molecule has 2 rings (SSSR count). The molecule has 6 nitrogen and oxygen atoms in total. The smallest absolute Gasteiger partial charge is 0.273 e. The number of aromatic nitrogens is 3. The summed E-state index contributed by atoms with van der Waals surface area (Å²) >= 11 is 0. The molecule has 64 valence electrons. The second kappa shape index (κ2) is 2.90. The van der Waals surface area contributed by atoms with Gasteiger partial charge in [-0.25, -0.2) is 0 Å². The van der Waals surface area contributed by atoms with Crippen molar-refractivity contribution in [1.82, 2.24) is 20.7 Å². The molecule has 1 amide bonds. The highest BCUT2D eigenvalue weighted by atomic mass is 16.5. The van der Waals surface area contributed by atoms with Gasteiger partial charge < -0.3 is 10.1 Å². The van der Waals surface area contributed by atoms with Crippen LogP contribution in [0, 0.1) is 0 Å². The lowest BCUT2D eigenvalue weighted by Crippen LogP contribution is -2.48. The van der Waals surface area contributed by atoms with E-state index in [9.17, 15) is 4.79 Å². The third kappa shape index (κ3) is 1.28. The van der Waals surface area contributed by atoms with Crippen LogP contribution in [0.15, 0.2) is 6.20 Å². The normalized spacial score (nSPS) is 17.0. The summed E-state index contributed by atoms with van der Waals surface area (Å²) in [4.78, 5) is 11.2. The molecule has 0 aliphatic carbocycles. The van der Waals surface area contributed by atoms with Crippen LogP contribution in [-0.2, 0) is 4.74 Å². The highest BCUT2D eigenvalue weighted by Crippen LogP contribution is 2.00. The number of rotatable bonds is 2. The van der Waals surface area contributed by atoms with Crippen molar-refractivity contribution >= 4 is 5.91 Å². The molecule has 12 heavy (non-hydrogen) atoms. The molecular weight excluding hydrogens is 160 g/mol. The zero-order valence-corrected chi connectivity index (χ0v) is 6.28. The molecule has 0 aromatic carbocycles. The fourth-order valence-electron chi connectivity index (χ4n) is 0.889. The van der Waals surface area contributed by atoms with E-state index in [1.807, 2.05) is 0 Å². The monoisotopic (exact) mass is 168 g/mol. The minimum absolute atomic E-state index is 0.134. The second-order valence-electron chi connectivity index (χ2n) is 2.56. The summed E-state index contributed by atoms with van der Waals surface area (Å²) in [5, 5.41) is 12.3. The van der Waals surface area contributed by atoms with E-state index in [-0.39, 0.29) is 11.9 Å². The van der Waals surface area contributed by atoms with Crippen LogP contribution in [0.2, 0.25) is 0 Å². The first kappa shape index (κ1) is 7.23. The molecule has 0 spiro atoms. The van der Waals surface area contributed by atoms with Gasteiger partial charge in [-0.3, -0.25) is 4.79 Å². The van der Waals surface area contributed by atoms with Crippen molar-refractivity contribution in [2.75, 3.05) is 13.2 Å². The third-order valence-corrected chi connectivity index (χ3v) is 1.62. The molecule has 2 heterocycles. The summed E-state index contributed by atoms with van der Waals surface area (Å²) in [5.41, 5.74) is 0.307. The largest absolute Gasteiger partial charge is 0.377 e. The Hall–Kier alpha value is -1.43. The second-order valence-corrected chi connectivity index (χ2v) is 2.56. The Bertz CT molecular complexity index is 267. The lowest BCUT2D eigenvalue weighted by molar-refractivity contribution is -0.00355. The van der Waals surface area contributed by atoms with Crippen molar-refractivity contribution in [3.8, 4) is 0 Å². The van der Waals surface area contributed by atoms with Crippen LogP contribution in [0.1, 0.15) is 10.5 Å². The van der Waals surface area contributed by atoms with E-state index in [2.05, 4.69) is 20.7 Å². The number of aromatic amines is 1. The predicted molar refractivity (Wildman–Crippen MR) is 38.5 cm³/mol. The molecule has 1 aliphatic rings. The average molecular weight is 168 g/mol. The maximum atomic E-state index is 11.2. The summed E-state index contributed by atoms with van der Waals surface area (Å²) in [6.45, 7) is 1.17. The fraction of sp³-hybridized carbons (Fsp3) is 0.500. The Morgan fingerprint density at radius 1 is 1.75 bits per heavy atom. The number of hydrogen-bond donors (Lipinski definition) is 2. The van der Waals surface area contributed by atoms with E-state index < -0.39 is 0 Å². The number of carbonyl (C=O) groups is 1. The van der Waals surface area contributed by atoms with Crippen LogP contribution < -0.4 is 5.32 Å². The number of H-pyrrole nitrogens is 1. The van der Waals surface area contributed by atoms with Crippen LogP contribution in [0.3, 0.4) is 0 Å². The SMILES string of the molecule is O=C(NC1COC1)c1cn[nH]n1. The quantitative estimate of drug-likeness (QED) is 0.589. The molecule has 1 fully saturated rings. The highest BCUT2D eigenvalue weighted by Gasteiger charge is 2.21. The molecule has 0 radical (unpaired) electrons. The van der Waals surface area contributed by atoms with Crippen molar-refractivity contribution in [2.45, 2.75) is 6.04 Å². The van der Waals surface area contributed by atoms with Gasteiger partial charge in [-0.2, -0.15) is 15.4 Å². The van der Waals surface area contributed by atoms with Crippen LogP contribution in [0.5, 0.6) is 0 Å². The molecule has 6 heteroatoms. The summed E-state index contributed by atoms with van der Waals surface area (Å²) < 4.78 is 4.89. The first-order valence-corrected chi connectivity index (χ1v) is 3.60. The van der Waals surface area contributed by atoms with Gasteiger partial charge in [0.2, 0.25) is 0 Å². The minimum atomic E-state index is -0.211. The van der Waals surface area contributed by atoms with E-state index in [4.69, 9.17) is 4.74 Å².